The fourth-order valence-corrected chi connectivity index (χ4v) is 3.53. The summed E-state index contributed by atoms with van der Waals surface area (Å²) in [6.07, 6.45) is 4.04. The topological polar surface area (TPSA) is 91.8 Å². The molecule has 0 bridgehead atoms. The summed E-state index contributed by atoms with van der Waals surface area (Å²) in [7, 11) is 0. The number of rotatable bonds is 6. The molecule has 0 unspecified atom stereocenters. The molecule has 7 nitrogen and oxygen atoms in total. The molecule has 0 radical (unpaired) electrons. The molecule has 1 aromatic carbocycles. The second-order valence-corrected chi connectivity index (χ2v) is 7.45. The lowest BCUT2D eigenvalue weighted by Gasteiger charge is -2.32. The second kappa shape index (κ2) is 9.71. The normalized spacial score (nSPS) is 14.5. The van der Waals surface area contributed by atoms with Gasteiger partial charge < -0.3 is 20.1 Å². The lowest BCUT2D eigenvalue weighted by molar-refractivity contribution is -0.135. The third-order valence-corrected chi connectivity index (χ3v) is 5.36. The molecule has 3 rings (SSSR count). The van der Waals surface area contributed by atoms with E-state index in [0.717, 1.165) is 17.2 Å². The molecular formula is C20H22FN3O4S. The van der Waals surface area contributed by atoms with Gasteiger partial charge in [-0.3, -0.25) is 9.59 Å². The number of nitrogens with one attached hydrogen (secondary N) is 1. The van der Waals surface area contributed by atoms with E-state index in [4.69, 9.17) is 9.84 Å². The van der Waals surface area contributed by atoms with Crippen LogP contribution in [0.5, 0.6) is 11.6 Å². The van der Waals surface area contributed by atoms with Gasteiger partial charge in [-0.1, -0.05) is 6.07 Å². The summed E-state index contributed by atoms with van der Waals surface area (Å²) in [5, 5.41) is 11.8. The van der Waals surface area contributed by atoms with Crippen LogP contribution in [0.2, 0.25) is 0 Å². The third kappa shape index (κ3) is 5.45. The van der Waals surface area contributed by atoms with Gasteiger partial charge in [-0.25, -0.2) is 9.37 Å². The first-order valence-corrected chi connectivity index (χ1v) is 10.4. The minimum Gasteiger partial charge on any atom is -0.438 e. The van der Waals surface area contributed by atoms with Crippen molar-refractivity contribution in [2.24, 2.45) is 0 Å². The minimum absolute atomic E-state index is 0.00780. The Morgan fingerprint density at radius 2 is 2.10 bits per heavy atom. The average Bonchev–Trinajstić information content (AvgIpc) is 2.75. The Labute approximate surface area is 172 Å². The quantitative estimate of drug-likeness (QED) is 0.699. The van der Waals surface area contributed by atoms with Gasteiger partial charge in [0.2, 0.25) is 11.8 Å². The third-order valence-electron chi connectivity index (χ3n) is 4.64. The Bertz CT molecular complexity index is 888. The fraction of sp³-hybridized carbons (Fsp3) is 0.350. The highest BCUT2D eigenvalue weighted by molar-refractivity contribution is 7.98. The van der Waals surface area contributed by atoms with Crippen molar-refractivity contribution in [3.05, 3.63) is 47.9 Å². The van der Waals surface area contributed by atoms with Gasteiger partial charge in [0, 0.05) is 24.0 Å². The van der Waals surface area contributed by atoms with Crippen molar-refractivity contribution in [1.29, 1.82) is 0 Å². The summed E-state index contributed by atoms with van der Waals surface area (Å²) in [6, 6.07) is 8.23. The molecule has 29 heavy (non-hydrogen) atoms. The molecule has 0 aliphatic carbocycles. The zero-order valence-electron chi connectivity index (χ0n) is 15.9. The molecule has 2 amide bonds. The van der Waals surface area contributed by atoms with Crippen LogP contribution in [0.4, 0.5) is 4.39 Å². The molecule has 0 saturated carbocycles. The summed E-state index contributed by atoms with van der Waals surface area (Å²) in [5.74, 6) is -0.924. The number of aliphatic hydroxyl groups excluding tert-OH is 1. The molecule has 9 heteroatoms. The number of piperidine rings is 1. The molecule has 1 aliphatic heterocycles. The monoisotopic (exact) mass is 419 g/mol. The predicted molar refractivity (Wildman–Crippen MR) is 107 cm³/mol. The number of nitrogens with zero attached hydrogens (tertiary/aromatic N) is 2. The van der Waals surface area contributed by atoms with E-state index in [9.17, 15) is 14.0 Å². The number of hydrogen-bond acceptors (Lipinski definition) is 6. The number of amides is 2. The number of benzene rings is 1. The molecule has 1 fully saturated rings. The maximum atomic E-state index is 13.8. The van der Waals surface area contributed by atoms with E-state index < -0.39 is 18.3 Å². The van der Waals surface area contributed by atoms with E-state index in [0.29, 0.717) is 31.7 Å². The van der Waals surface area contributed by atoms with E-state index in [1.807, 2.05) is 24.5 Å². The molecule has 1 aromatic heterocycles. The number of halogens is 1. The van der Waals surface area contributed by atoms with E-state index >= 15 is 0 Å². The van der Waals surface area contributed by atoms with E-state index in [2.05, 4.69) is 10.3 Å². The van der Waals surface area contributed by atoms with Crippen molar-refractivity contribution in [2.45, 2.75) is 23.8 Å². The number of aliphatic hydroxyl groups is 1. The second-order valence-electron chi connectivity index (χ2n) is 6.57. The van der Waals surface area contributed by atoms with Crippen LogP contribution < -0.4 is 10.1 Å². The largest absolute Gasteiger partial charge is 0.438 e. The van der Waals surface area contributed by atoms with Crippen LogP contribution in [0.25, 0.3) is 0 Å². The van der Waals surface area contributed by atoms with Gasteiger partial charge in [-0.05, 0) is 43.4 Å². The number of hydrogen-bond donors (Lipinski definition) is 2. The molecule has 2 aromatic rings. The Balaban J connectivity index is 1.70. The lowest BCUT2D eigenvalue weighted by Crippen LogP contribution is -2.47. The first kappa shape index (κ1) is 21.1. The summed E-state index contributed by atoms with van der Waals surface area (Å²) >= 11 is 1.55. The SMILES string of the molecule is CSc1cccc(Oc2ncc(F)cc2C(=O)NC2CCN(C(=O)CO)CC2)c1. The number of carbonyl (C=O) groups excluding carboxylic acids is 2. The van der Waals surface area contributed by atoms with Crippen LogP contribution in [0.1, 0.15) is 23.2 Å². The lowest BCUT2D eigenvalue weighted by atomic mass is 10.0. The molecule has 2 N–H and O–H groups in total. The van der Waals surface area contributed by atoms with Crippen LogP contribution in [0.15, 0.2) is 41.4 Å². The van der Waals surface area contributed by atoms with Crippen LogP contribution in [-0.2, 0) is 4.79 Å². The number of pyridine rings is 1. The highest BCUT2D eigenvalue weighted by Gasteiger charge is 2.25. The molecule has 2 heterocycles. The number of likely N-dealkylation sites (tertiary alicyclic amines) is 1. The summed E-state index contributed by atoms with van der Waals surface area (Å²) in [4.78, 5) is 30.8. The molecule has 0 atom stereocenters. The molecule has 0 spiro atoms. The first-order chi connectivity index (χ1) is 14.0. The van der Waals surface area contributed by atoms with Crippen LogP contribution in [0.3, 0.4) is 0 Å². The maximum Gasteiger partial charge on any atom is 0.257 e. The van der Waals surface area contributed by atoms with Gasteiger partial charge in [0.05, 0.1) is 6.20 Å². The van der Waals surface area contributed by atoms with E-state index in [-0.39, 0.29) is 23.4 Å². The number of thioether (sulfide) groups is 1. The van der Waals surface area contributed by atoms with Crippen molar-refractivity contribution in [3.63, 3.8) is 0 Å². The number of ether oxygens (including phenoxy) is 1. The van der Waals surface area contributed by atoms with Crippen LogP contribution in [-0.4, -0.2) is 58.8 Å². The van der Waals surface area contributed by atoms with Crippen molar-refractivity contribution in [3.8, 4) is 11.6 Å². The summed E-state index contributed by atoms with van der Waals surface area (Å²) in [6.45, 7) is 0.359. The Hall–Kier alpha value is -2.65. The van der Waals surface area contributed by atoms with Crippen molar-refractivity contribution < 1.29 is 23.8 Å². The van der Waals surface area contributed by atoms with Gasteiger partial charge in [-0.15, -0.1) is 11.8 Å². The van der Waals surface area contributed by atoms with Gasteiger partial charge in [0.1, 0.15) is 23.7 Å². The summed E-state index contributed by atoms with van der Waals surface area (Å²) < 4.78 is 19.5. The van der Waals surface area contributed by atoms with Crippen LogP contribution in [0, 0.1) is 5.82 Å². The molecular weight excluding hydrogens is 397 g/mol. The number of aromatic nitrogens is 1. The van der Waals surface area contributed by atoms with Crippen molar-refractivity contribution >= 4 is 23.6 Å². The van der Waals surface area contributed by atoms with Gasteiger partial charge in [0.15, 0.2) is 0 Å². The fourth-order valence-electron chi connectivity index (χ4n) is 3.08. The molecule has 1 aliphatic rings. The highest BCUT2D eigenvalue weighted by atomic mass is 32.2. The standard InChI is InChI=1S/C20H22FN3O4S/c1-29-16-4-2-3-15(10-16)28-20-17(9-13(21)11-22-20)19(27)23-14-5-7-24(8-6-14)18(26)12-25/h2-4,9-11,14,25H,5-8,12H2,1H3,(H,23,27). The predicted octanol–water partition coefficient (Wildman–Crippen LogP) is 2.45. The zero-order chi connectivity index (χ0) is 20.8. The maximum absolute atomic E-state index is 13.8. The average molecular weight is 419 g/mol. The molecule has 1 saturated heterocycles. The van der Waals surface area contributed by atoms with Gasteiger partial charge in [0.25, 0.3) is 5.91 Å². The smallest absolute Gasteiger partial charge is 0.257 e. The number of carbonyl (C=O) groups is 2. The van der Waals surface area contributed by atoms with Gasteiger partial charge >= 0.3 is 0 Å². The van der Waals surface area contributed by atoms with E-state index in [1.54, 1.807) is 22.7 Å². The van der Waals surface area contributed by atoms with Crippen molar-refractivity contribution in [1.82, 2.24) is 15.2 Å². The highest BCUT2D eigenvalue weighted by Crippen LogP contribution is 2.27. The Kier molecular flexibility index (Phi) is 7.05. The first-order valence-electron chi connectivity index (χ1n) is 9.17. The minimum atomic E-state index is -0.635. The Morgan fingerprint density at radius 1 is 1.34 bits per heavy atom. The molecule has 154 valence electrons. The van der Waals surface area contributed by atoms with E-state index in [1.165, 1.54) is 0 Å². The van der Waals surface area contributed by atoms with Gasteiger partial charge in [-0.2, -0.15) is 0 Å². The van der Waals surface area contributed by atoms with Crippen LogP contribution >= 0.6 is 11.8 Å². The zero-order valence-corrected chi connectivity index (χ0v) is 16.7. The van der Waals surface area contributed by atoms with Crippen molar-refractivity contribution in [2.75, 3.05) is 26.0 Å². The summed E-state index contributed by atoms with van der Waals surface area (Å²) in [5.41, 5.74) is 0.00780. The Morgan fingerprint density at radius 3 is 2.79 bits per heavy atom.